The molecule has 0 aromatic carbocycles. The highest BCUT2D eigenvalue weighted by Crippen LogP contribution is 2.33. The lowest BCUT2D eigenvalue weighted by molar-refractivity contribution is -0.0489. The van der Waals surface area contributed by atoms with Gasteiger partial charge in [-0.15, -0.1) is 0 Å². The number of nitrogens with two attached hydrogens (primary N) is 1. The average Bonchev–Trinajstić information content (AvgIpc) is 3.20. The van der Waals surface area contributed by atoms with Crippen molar-refractivity contribution in [2.75, 3.05) is 12.3 Å². The number of fused-ring (bicyclic) bond motifs is 1. The van der Waals surface area contributed by atoms with Gasteiger partial charge in [-0.05, 0) is 18.1 Å². The van der Waals surface area contributed by atoms with Gasteiger partial charge in [0, 0.05) is 0 Å². The Balaban J connectivity index is 1.78. The Morgan fingerprint density at radius 2 is 1.85 bits per heavy atom. The molecule has 4 atom stereocenters. The molecular formula is C16H27N5O4Si. The molecule has 10 heteroatoms. The first kappa shape index (κ1) is 19.2. The zero-order chi connectivity index (χ0) is 18.9. The SMILES string of the molecule is CC[Si](CC)(CC)OC[C@H]1O[C@@H](n2cnc3c(N)ncnc32)[C@H](O)[C@@H]1O. The Bertz CT molecular complexity index is 745. The van der Waals surface area contributed by atoms with Crippen molar-refractivity contribution in [3.63, 3.8) is 0 Å². The van der Waals surface area contributed by atoms with Crippen LogP contribution in [0.5, 0.6) is 0 Å². The lowest BCUT2D eigenvalue weighted by Gasteiger charge is -2.30. The Morgan fingerprint density at radius 1 is 1.15 bits per heavy atom. The molecule has 9 nitrogen and oxygen atoms in total. The summed E-state index contributed by atoms with van der Waals surface area (Å²) in [6.07, 6.45) is -0.755. The molecule has 0 radical (unpaired) electrons. The molecule has 0 amide bonds. The molecule has 1 aliphatic rings. The second-order valence-electron chi connectivity index (χ2n) is 6.68. The number of nitrogen functional groups attached to an aromatic ring is 1. The summed E-state index contributed by atoms with van der Waals surface area (Å²) in [5.41, 5.74) is 6.69. The van der Waals surface area contributed by atoms with Crippen LogP contribution in [0.25, 0.3) is 11.2 Å². The van der Waals surface area contributed by atoms with E-state index < -0.39 is 32.9 Å². The van der Waals surface area contributed by atoms with Gasteiger partial charge in [-0.3, -0.25) is 4.57 Å². The summed E-state index contributed by atoms with van der Waals surface area (Å²) < 4.78 is 13.7. The highest BCUT2D eigenvalue weighted by molar-refractivity contribution is 6.73. The second kappa shape index (κ2) is 7.57. The normalized spacial score (nSPS) is 26.7. The van der Waals surface area contributed by atoms with Gasteiger partial charge in [0.05, 0.1) is 12.9 Å². The number of aliphatic hydroxyl groups excluding tert-OH is 2. The molecule has 1 saturated heterocycles. The fourth-order valence-corrected chi connectivity index (χ4v) is 6.10. The Labute approximate surface area is 153 Å². The van der Waals surface area contributed by atoms with E-state index in [0.29, 0.717) is 11.2 Å². The van der Waals surface area contributed by atoms with Gasteiger partial charge < -0.3 is 25.1 Å². The number of aromatic nitrogens is 4. The average molecular weight is 382 g/mol. The highest BCUT2D eigenvalue weighted by atomic mass is 28.4. The first-order valence-electron chi connectivity index (χ1n) is 9.04. The van der Waals surface area contributed by atoms with E-state index in [1.165, 1.54) is 12.7 Å². The van der Waals surface area contributed by atoms with Crippen LogP contribution in [-0.4, -0.2) is 63.0 Å². The minimum Gasteiger partial charge on any atom is -0.414 e. The Morgan fingerprint density at radius 3 is 2.50 bits per heavy atom. The summed E-state index contributed by atoms with van der Waals surface area (Å²) in [7, 11) is -1.80. The minimum absolute atomic E-state index is 0.256. The molecule has 3 heterocycles. The summed E-state index contributed by atoms with van der Waals surface area (Å²) in [6, 6.07) is 3.03. The van der Waals surface area contributed by atoms with Gasteiger partial charge in [0.25, 0.3) is 0 Å². The number of hydrogen-bond acceptors (Lipinski definition) is 8. The van der Waals surface area contributed by atoms with Gasteiger partial charge in [-0.2, -0.15) is 0 Å². The first-order chi connectivity index (χ1) is 12.5. The van der Waals surface area contributed by atoms with Crippen LogP contribution < -0.4 is 5.73 Å². The fourth-order valence-electron chi connectivity index (χ4n) is 3.47. The van der Waals surface area contributed by atoms with E-state index in [-0.39, 0.29) is 12.4 Å². The van der Waals surface area contributed by atoms with Crippen LogP contribution in [-0.2, 0) is 9.16 Å². The smallest absolute Gasteiger partial charge is 0.192 e. The van der Waals surface area contributed by atoms with Crippen molar-refractivity contribution in [1.29, 1.82) is 0 Å². The summed E-state index contributed by atoms with van der Waals surface area (Å²) in [5.74, 6) is 0.256. The van der Waals surface area contributed by atoms with Crippen LogP contribution in [0.3, 0.4) is 0 Å². The van der Waals surface area contributed by atoms with E-state index in [1.807, 2.05) is 0 Å². The quantitative estimate of drug-likeness (QED) is 0.607. The predicted molar refractivity (Wildman–Crippen MR) is 98.8 cm³/mol. The summed E-state index contributed by atoms with van der Waals surface area (Å²) in [6.45, 7) is 6.69. The zero-order valence-electron chi connectivity index (χ0n) is 15.4. The van der Waals surface area contributed by atoms with Gasteiger partial charge in [-0.25, -0.2) is 15.0 Å². The largest absolute Gasteiger partial charge is 0.414 e. The summed E-state index contributed by atoms with van der Waals surface area (Å²) in [5, 5.41) is 20.9. The van der Waals surface area contributed by atoms with Crippen molar-refractivity contribution < 1.29 is 19.4 Å². The van der Waals surface area contributed by atoms with Gasteiger partial charge >= 0.3 is 0 Å². The molecule has 0 unspecified atom stereocenters. The molecule has 0 aliphatic carbocycles. The van der Waals surface area contributed by atoms with Gasteiger partial charge in [-0.1, -0.05) is 20.8 Å². The molecule has 26 heavy (non-hydrogen) atoms. The molecule has 0 saturated carbocycles. The standard InChI is InChI=1S/C16H27N5O4Si/c1-4-26(5-2,6-3)24-7-10-12(22)13(23)16(25-10)21-9-20-11-14(17)18-8-19-15(11)21/h8-10,12-13,16,22-23H,4-7H2,1-3H3,(H2,17,18,19)/t10-,12-,13-,16-/m1/s1. The topological polar surface area (TPSA) is 129 Å². The van der Waals surface area contributed by atoms with Gasteiger partial charge in [0.2, 0.25) is 0 Å². The number of ether oxygens (including phenoxy) is 1. The fraction of sp³-hybridized carbons (Fsp3) is 0.688. The number of imidazole rings is 1. The third kappa shape index (κ3) is 3.23. The summed E-state index contributed by atoms with van der Waals surface area (Å²) in [4.78, 5) is 12.3. The van der Waals surface area contributed by atoms with Crippen LogP contribution >= 0.6 is 0 Å². The third-order valence-electron chi connectivity index (χ3n) is 5.49. The first-order valence-corrected chi connectivity index (χ1v) is 11.6. The van der Waals surface area contributed by atoms with E-state index in [0.717, 1.165) is 18.1 Å². The lowest BCUT2D eigenvalue weighted by Crippen LogP contribution is -2.41. The van der Waals surface area contributed by atoms with E-state index in [2.05, 4.69) is 35.7 Å². The number of hydrogen-bond donors (Lipinski definition) is 3. The van der Waals surface area contributed by atoms with E-state index in [1.54, 1.807) is 4.57 Å². The number of nitrogens with zero attached hydrogens (tertiary/aromatic N) is 4. The maximum absolute atomic E-state index is 10.5. The monoisotopic (exact) mass is 381 g/mol. The Hall–Kier alpha value is -1.59. The maximum atomic E-state index is 10.5. The van der Waals surface area contributed by atoms with Crippen LogP contribution in [0.4, 0.5) is 5.82 Å². The van der Waals surface area contributed by atoms with Crippen molar-refractivity contribution in [3.05, 3.63) is 12.7 Å². The van der Waals surface area contributed by atoms with Crippen LogP contribution in [0, 0.1) is 0 Å². The molecule has 4 N–H and O–H groups in total. The van der Waals surface area contributed by atoms with Crippen LogP contribution in [0.1, 0.15) is 27.0 Å². The number of rotatable bonds is 7. The molecule has 0 spiro atoms. The molecule has 2 aromatic heterocycles. The van der Waals surface area contributed by atoms with Crippen molar-refractivity contribution in [1.82, 2.24) is 19.5 Å². The number of anilines is 1. The molecular weight excluding hydrogens is 354 g/mol. The molecule has 2 aromatic rings. The molecule has 144 valence electrons. The molecule has 1 fully saturated rings. The van der Waals surface area contributed by atoms with Crippen LogP contribution in [0.15, 0.2) is 12.7 Å². The van der Waals surface area contributed by atoms with E-state index in [4.69, 9.17) is 14.9 Å². The van der Waals surface area contributed by atoms with Gasteiger partial charge in [0.15, 0.2) is 26.0 Å². The molecule has 3 rings (SSSR count). The van der Waals surface area contributed by atoms with E-state index in [9.17, 15) is 10.2 Å². The minimum atomic E-state index is -1.80. The van der Waals surface area contributed by atoms with Crippen molar-refractivity contribution in [3.8, 4) is 0 Å². The molecule has 0 bridgehead atoms. The van der Waals surface area contributed by atoms with Crippen molar-refractivity contribution in [2.45, 2.75) is 63.4 Å². The molecule has 1 aliphatic heterocycles. The van der Waals surface area contributed by atoms with Gasteiger partial charge in [0.1, 0.15) is 30.2 Å². The number of aliphatic hydroxyl groups is 2. The predicted octanol–water partition coefficient (Wildman–Crippen LogP) is 1.05. The second-order valence-corrected chi connectivity index (χ2v) is 11.5. The van der Waals surface area contributed by atoms with Crippen LogP contribution in [0.2, 0.25) is 18.1 Å². The summed E-state index contributed by atoms with van der Waals surface area (Å²) >= 11 is 0. The highest BCUT2D eigenvalue weighted by Gasteiger charge is 2.45. The van der Waals surface area contributed by atoms with E-state index >= 15 is 0 Å². The Kier molecular flexibility index (Phi) is 5.58. The van der Waals surface area contributed by atoms with Crippen molar-refractivity contribution >= 4 is 25.3 Å². The zero-order valence-corrected chi connectivity index (χ0v) is 16.4. The lowest BCUT2D eigenvalue weighted by atomic mass is 10.1. The van der Waals surface area contributed by atoms with Crippen molar-refractivity contribution in [2.24, 2.45) is 0 Å². The third-order valence-corrected chi connectivity index (χ3v) is 10.1. The maximum Gasteiger partial charge on any atom is 0.192 e.